The fourth-order valence-electron chi connectivity index (χ4n) is 3.30. The highest BCUT2D eigenvalue weighted by atomic mass is 32.2. The van der Waals surface area contributed by atoms with E-state index in [4.69, 9.17) is 9.47 Å². The van der Waals surface area contributed by atoms with Gasteiger partial charge in [-0.1, -0.05) is 36.4 Å². The van der Waals surface area contributed by atoms with Crippen molar-refractivity contribution < 1.29 is 27.5 Å². The lowest BCUT2D eigenvalue weighted by atomic mass is 10.1. The number of nitrogens with one attached hydrogen (secondary N) is 1. The summed E-state index contributed by atoms with van der Waals surface area (Å²) in [7, 11) is -0.987. The van der Waals surface area contributed by atoms with E-state index in [1.807, 2.05) is 30.3 Å². The first-order valence-corrected chi connectivity index (χ1v) is 12.5. The molecule has 0 aliphatic carbocycles. The molecule has 184 valence electrons. The number of aryl methyl sites for hydroxylation is 1. The molecule has 8 nitrogen and oxygen atoms in total. The average Bonchev–Trinajstić information content (AvgIpc) is 2.90. The Balaban J connectivity index is 1.54. The van der Waals surface area contributed by atoms with Crippen LogP contribution >= 0.6 is 0 Å². The molecule has 0 spiro atoms. The molecule has 0 bridgehead atoms. The smallest absolute Gasteiger partial charge is 0.338 e. The highest BCUT2D eigenvalue weighted by Crippen LogP contribution is 2.25. The second-order valence-electron chi connectivity index (χ2n) is 7.71. The number of carbonyl (C=O) groups is 2. The fraction of sp³-hybridized carbons (Fsp3) is 0.231. The Morgan fingerprint density at radius 2 is 1.66 bits per heavy atom. The van der Waals surface area contributed by atoms with Crippen LogP contribution in [0.5, 0.6) is 5.75 Å². The van der Waals surface area contributed by atoms with Crippen LogP contribution in [0.3, 0.4) is 0 Å². The number of nitrogens with zero attached hydrogens (tertiary/aromatic N) is 1. The van der Waals surface area contributed by atoms with E-state index in [1.54, 1.807) is 24.3 Å². The Morgan fingerprint density at radius 1 is 0.943 bits per heavy atom. The third-order valence-corrected chi connectivity index (χ3v) is 7.09. The van der Waals surface area contributed by atoms with Crippen molar-refractivity contribution in [1.82, 2.24) is 5.32 Å². The van der Waals surface area contributed by atoms with Crippen molar-refractivity contribution in [2.75, 3.05) is 31.6 Å². The lowest BCUT2D eigenvalue weighted by molar-refractivity contribution is -0.124. The second-order valence-corrected chi connectivity index (χ2v) is 9.68. The number of anilines is 1. The summed E-state index contributed by atoms with van der Waals surface area (Å²) < 4.78 is 37.4. The van der Waals surface area contributed by atoms with Crippen molar-refractivity contribution in [2.24, 2.45) is 0 Å². The van der Waals surface area contributed by atoms with Gasteiger partial charge in [0.2, 0.25) is 0 Å². The minimum absolute atomic E-state index is 0.0334. The molecule has 3 aromatic rings. The molecular weight excluding hydrogens is 468 g/mol. The van der Waals surface area contributed by atoms with E-state index in [0.29, 0.717) is 18.0 Å². The van der Waals surface area contributed by atoms with E-state index in [1.165, 1.54) is 44.0 Å². The summed E-state index contributed by atoms with van der Waals surface area (Å²) in [6.45, 7) is 0.00357. The number of amides is 1. The fourth-order valence-corrected chi connectivity index (χ4v) is 4.54. The molecule has 0 heterocycles. The highest BCUT2D eigenvalue weighted by Gasteiger charge is 2.23. The maximum atomic E-state index is 13.1. The van der Waals surface area contributed by atoms with Crippen molar-refractivity contribution >= 4 is 27.6 Å². The average molecular weight is 497 g/mol. The number of benzene rings is 3. The van der Waals surface area contributed by atoms with Crippen molar-refractivity contribution in [3.05, 3.63) is 90.0 Å². The zero-order chi connectivity index (χ0) is 25.3. The van der Waals surface area contributed by atoms with Crippen LogP contribution in [-0.4, -0.2) is 47.6 Å². The van der Waals surface area contributed by atoms with Crippen LogP contribution in [0.2, 0.25) is 0 Å². The minimum Gasteiger partial charge on any atom is -0.497 e. The Kier molecular flexibility index (Phi) is 8.86. The molecule has 35 heavy (non-hydrogen) atoms. The molecule has 0 aliphatic rings. The van der Waals surface area contributed by atoms with Crippen molar-refractivity contribution in [1.29, 1.82) is 0 Å². The standard InChI is InChI=1S/C26H28N2O6S/c1-28(22-13-15-23(33-2)16-14-22)35(31,32)24-12-6-11-21(18-24)26(30)34-19-25(29)27-17-7-10-20-8-4-3-5-9-20/h3-6,8-9,11-16,18H,7,10,17,19H2,1-2H3,(H,27,29). The van der Waals surface area contributed by atoms with Gasteiger partial charge in [-0.05, 0) is 60.9 Å². The Hall–Kier alpha value is -3.85. The number of ether oxygens (including phenoxy) is 2. The lowest BCUT2D eigenvalue weighted by Crippen LogP contribution is -2.30. The molecule has 0 unspecified atom stereocenters. The molecule has 1 amide bonds. The van der Waals surface area contributed by atoms with Gasteiger partial charge >= 0.3 is 5.97 Å². The molecule has 0 fully saturated rings. The Labute approximate surface area is 205 Å². The number of methoxy groups -OCH3 is 1. The predicted molar refractivity (Wildman–Crippen MR) is 133 cm³/mol. The number of carbonyl (C=O) groups excluding carboxylic acids is 2. The maximum Gasteiger partial charge on any atom is 0.338 e. The van der Waals surface area contributed by atoms with E-state index in [-0.39, 0.29) is 10.5 Å². The van der Waals surface area contributed by atoms with Gasteiger partial charge in [0, 0.05) is 13.6 Å². The van der Waals surface area contributed by atoms with Gasteiger partial charge in [0.1, 0.15) is 5.75 Å². The van der Waals surface area contributed by atoms with Crippen molar-refractivity contribution in [3.8, 4) is 5.75 Å². The molecular formula is C26H28N2O6S. The molecule has 0 atom stereocenters. The summed E-state index contributed by atoms with van der Waals surface area (Å²) in [6, 6.07) is 22.0. The Bertz CT molecular complexity index is 1240. The van der Waals surface area contributed by atoms with E-state index in [2.05, 4.69) is 5.32 Å². The first kappa shape index (κ1) is 25.8. The van der Waals surface area contributed by atoms with E-state index >= 15 is 0 Å². The second kappa shape index (κ2) is 12.0. The predicted octanol–water partition coefficient (Wildman–Crippen LogP) is 3.43. The number of hydrogen-bond donors (Lipinski definition) is 1. The van der Waals surface area contributed by atoms with Gasteiger partial charge in [0.15, 0.2) is 6.61 Å². The molecule has 0 saturated heterocycles. The van der Waals surface area contributed by atoms with Gasteiger partial charge in [0.25, 0.3) is 15.9 Å². The van der Waals surface area contributed by atoms with Gasteiger partial charge < -0.3 is 14.8 Å². The summed E-state index contributed by atoms with van der Waals surface area (Å²) >= 11 is 0. The molecule has 1 N–H and O–H groups in total. The first-order valence-electron chi connectivity index (χ1n) is 11.0. The van der Waals surface area contributed by atoms with Crippen LogP contribution in [-0.2, 0) is 26.0 Å². The van der Waals surface area contributed by atoms with Gasteiger partial charge in [0.05, 0.1) is 23.3 Å². The summed E-state index contributed by atoms with van der Waals surface area (Å²) in [6.07, 6.45) is 1.58. The summed E-state index contributed by atoms with van der Waals surface area (Å²) in [5, 5.41) is 2.71. The molecule has 0 aliphatic heterocycles. The normalized spacial score (nSPS) is 10.9. The van der Waals surface area contributed by atoms with E-state index in [0.717, 1.165) is 17.1 Å². The monoisotopic (exact) mass is 496 g/mol. The van der Waals surface area contributed by atoms with Crippen molar-refractivity contribution in [3.63, 3.8) is 0 Å². The number of esters is 1. The van der Waals surface area contributed by atoms with Crippen LogP contribution in [0.15, 0.2) is 83.8 Å². The molecule has 3 rings (SSSR count). The van der Waals surface area contributed by atoms with Crippen LogP contribution in [0.4, 0.5) is 5.69 Å². The van der Waals surface area contributed by atoms with Gasteiger partial charge in [-0.3, -0.25) is 9.10 Å². The van der Waals surface area contributed by atoms with Crippen molar-refractivity contribution in [2.45, 2.75) is 17.7 Å². The number of rotatable bonds is 11. The third kappa shape index (κ3) is 7.07. The van der Waals surface area contributed by atoms with E-state index < -0.39 is 28.5 Å². The lowest BCUT2D eigenvalue weighted by Gasteiger charge is -2.20. The molecule has 0 saturated carbocycles. The zero-order valence-electron chi connectivity index (χ0n) is 19.6. The third-order valence-electron chi connectivity index (χ3n) is 5.31. The van der Waals surface area contributed by atoms with Crippen LogP contribution in [0, 0.1) is 0 Å². The molecule has 9 heteroatoms. The van der Waals surface area contributed by atoms with Gasteiger partial charge in [-0.25, -0.2) is 13.2 Å². The quantitative estimate of drug-likeness (QED) is 0.322. The molecule has 0 aromatic heterocycles. The van der Waals surface area contributed by atoms with Crippen LogP contribution in [0.25, 0.3) is 0 Å². The number of hydrogen-bond acceptors (Lipinski definition) is 6. The number of sulfonamides is 1. The van der Waals surface area contributed by atoms with E-state index in [9.17, 15) is 18.0 Å². The van der Waals surface area contributed by atoms with Gasteiger partial charge in [-0.15, -0.1) is 0 Å². The topological polar surface area (TPSA) is 102 Å². The summed E-state index contributed by atoms with van der Waals surface area (Å²) in [5.74, 6) is -0.604. The van der Waals surface area contributed by atoms with Gasteiger partial charge in [-0.2, -0.15) is 0 Å². The molecule has 0 radical (unpaired) electrons. The first-order chi connectivity index (χ1) is 16.8. The highest BCUT2D eigenvalue weighted by molar-refractivity contribution is 7.92. The summed E-state index contributed by atoms with van der Waals surface area (Å²) in [5.41, 5.74) is 1.65. The molecule has 3 aromatic carbocycles. The van der Waals surface area contributed by atoms with Crippen LogP contribution < -0.4 is 14.4 Å². The maximum absolute atomic E-state index is 13.1. The minimum atomic E-state index is -3.93. The SMILES string of the molecule is COc1ccc(N(C)S(=O)(=O)c2cccc(C(=O)OCC(=O)NCCCc3ccccc3)c2)cc1. The zero-order valence-corrected chi connectivity index (χ0v) is 20.5. The van der Waals surface area contributed by atoms with Crippen LogP contribution in [0.1, 0.15) is 22.3 Å². The summed E-state index contributed by atoms with van der Waals surface area (Å²) in [4.78, 5) is 24.4. The Morgan fingerprint density at radius 3 is 2.34 bits per heavy atom. The largest absolute Gasteiger partial charge is 0.497 e.